The van der Waals surface area contributed by atoms with Gasteiger partial charge in [0.05, 0.1) is 29.7 Å². The molecule has 5 rings (SSSR count). The van der Waals surface area contributed by atoms with Crippen LogP contribution in [0.4, 0.5) is 17.6 Å². The Morgan fingerprint density at radius 1 is 1.00 bits per heavy atom. The average molecular weight is 677 g/mol. The molecule has 2 unspecified atom stereocenters. The Kier molecular flexibility index (Phi) is 11.7. The van der Waals surface area contributed by atoms with E-state index in [0.717, 1.165) is 94.7 Å². The summed E-state index contributed by atoms with van der Waals surface area (Å²) in [5.41, 5.74) is 2.76. The number of carbonyl (C=O) groups excluding carboxylic acids is 1. The Hall–Kier alpha value is -3.36. The molecule has 0 bridgehead atoms. The lowest BCUT2D eigenvalue weighted by molar-refractivity contribution is -0.137. The maximum absolute atomic E-state index is 13.7. The van der Waals surface area contributed by atoms with Gasteiger partial charge in [0.15, 0.2) is 0 Å². The maximum atomic E-state index is 13.7. The largest absolute Gasteiger partial charge is 0.416 e. The predicted octanol–water partition coefficient (Wildman–Crippen LogP) is 4.74. The van der Waals surface area contributed by atoms with Gasteiger partial charge in [-0.15, -0.1) is 0 Å². The zero-order valence-corrected chi connectivity index (χ0v) is 26.8. The Labute approximate surface area is 272 Å². The van der Waals surface area contributed by atoms with E-state index in [4.69, 9.17) is 4.74 Å². The van der Waals surface area contributed by atoms with Crippen molar-refractivity contribution in [1.29, 1.82) is 0 Å². The van der Waals surface area contributed by atoms with E-state index in [1.807, 2.05) is 0 Å². The van der Waals surface area contributed by atoms with Crippen molar-refractivity contribution in [2.75, 3.05) is 39.4 Å². The topological polar surface area (TPSA) is 99.8 Å². The highest BCUT2D eigenvalue weighted by molar-refractivity contribution is 7.89. The van der Waals surface area contributed by atoms with Gasteiger partial charge in [0.25, 0.3) is 0 Å². The van der Waals surface area contributed by atoms with Crippen molar-refractivity contribution in [1.82, 2.24) is 20.3 Å². The Bertz CT molecular complexity index is 1610. The van der Waals surface area contributed by atoms with Crippen LogP contribution >= 0.6 is 0 Å². The molecular weight excluding hydrogens is 636 g/mol. The van der Waals surface area contributed by atoms with E-state index in [1.165, 1.54) is 23.3 Å². The third-order valence-corrected chi connectivity index (χ3v) is 10.0. The fraction of sp³-hybridized carbons (Fsp3) is 0.441. The van der Waals surface area contributed by atoms with Crippen LogP contribution in [0, 0.1) is 5.82 Å². The van der Waals surface area contributed by atoms with Crippen molar-refractivity contribution in [3.05, 3.63) is 100 Å². The van der Waals surface area contributed by atoms with Gasteiger partial charge in [-0.3, -0.25) is 9.69 Å². The number of sulfonamides is 1. The summed E-state index contributed by atoms with van der Waals surface area (Å²) in [6.07, 6.45) is -1.90. The molecule has 1 aliphatic heterocycles. The molecule has 2 atom stereocenters. The van der Waals surface area contributed by atoms with Crippen LogP contribution in [-0.2, 0) is 45.1 Å². The van der Waals surface area contributed by atoms with Gasteiger partial charge in [-0.25, -0.2) is 17.5 Å². The number of fused-ring (bicyclic) bond motifs is 1. The lowest BCUT2D eigenvalue weighted by atomic mass is 9.87. The Balaban J connectivity index is 1.16. The number of amides is 1. The van der Waals surface area contributed by atoms with E-state index in [2.05, 4.69) is 38.5 Å². The molecule has 3 aromatic rings. The number of alkyl halides is 3. The molecule has 3 N–H and O–H groups in total. The smallest absolute Gasteiger partial charge is 0.379 e. The molecule has 254 valence electrons. The minimum absolute atomic E-state index is 0.173. The van der Waals surface area contributed by atoms with Crippen LogP contribution in [0.3, 0.4) is 0 Å². The molecule has 1 aliphatic carbocycles. The molecule has 0 radical (unpaired) electrons. The second-order valence-electron chi connectivity index (χ2n) is 12.0. The summed E-state index contributed by atoms with van der Waals surface area (Å²) < 4.78 is 87.5. The molecule has 8 nitrogen and oxygen atoms in total. The highest BCUT2D eigenvalue weighted by Gasteiger charge is 2.33. The monoisotopic (exact) mass is 676 g/mol. The van der Waals surface area contributed by atoms with Gasteiger partial charge < -0.3 is 15.4 Å². The summed E-state index contributed by atoms with van der Waals surface area (Å²) in [7, 11) is -4.47. The summed E-state index contributed by atoms with van der Waals surface area (Å²) in [4.78, 5) is 15.0. The zero-order chi connectivity index (χ0) is 33.4. The molecule has 1 heterocycles. The van der Waals surface area contributed by atoms with E-state index in [0.29, 0.717) is 24.5 Å². The first-order valence-electron chi connectivity index (χ1n) is 15.8. The van der Waals surface area contributed by atoms with Crippen LogP contribution in [0.1, 0.15) is 53.1 Å². The second kappa shape index (κ2) is 15.7. The first kappa shape index (κ1) is 35.0. The molecule has 3 aromatic carbocycles. The highest BCUT2D eigenvalue weighted by atomic mass is 32.2. The van der Waals surface area contributed by atoms with Gasteiger partial charge in [-0.1, -0.05) is 36.4 Å². The molecule has 1 fully saturated rings. The molecule has 1 amide bonds. The molecular formula is C34H40F4N4O4S. The van der Waals surface area contributed by atoms with Crippen LogP contribution < -0.4 is 15.4 Å². The van der Waals surface area contributed by atoms with Gasteiger partial charge >= 0.3 is 6.18 Å². The molecule has 1 saturated heterocycles. The third-order valence-electron chi connectivity index (χ3n) is 8.56. The summed E-state index contributed by atoms with van der Waals surface area (Å²) in [6.45, 7) is 6.34. The lowest BCUT2D eigenvalue weighted by Gasteiger charge is -2.27. The number of halogens is 4. The number of nitrogens with zero attached hydrogens (tertiary/aromatic N) is 1. The number of benzene rings is 3. The van der Waals surface area contributed by atoms with E-state index < -0.39 is 44.4 Å². The van der Waals surface area contributed by atoms with Gasteiger partial charge in [0.1, 0.15) is 5.82 Å². The van der Waals surface area contributed by atoms with E-state index >= 15 is 0 Å². The van der Waals surface area contributed by atoms with Crippen molar-refractivity contribution in [2.45, 2.75) is 61.8 Å². The molecule has 0 saturated carbocycles. The highest BCUT2D eigenvalue weighted by Crippen LogP contribution is 2.31. The summed E-state index contributed by atoms with van der Waals surface area (Å²) in [6, 6.07) is 13.4. The predicted molar refractivity (Wildman–Crippen MR) is 170 cm³/mol. The molecule has 2 aliphatic rings. The molecule has 13 heteroatoms. The summed E-state index contributed by atoms with van der Waals surface area (Å²) in [5.74, 6) is -0.987. The van der Waals surface area contributed by atoms with Crippen LogP contribution in [-0.4, -0.2) is 64.7 Å². The zero-order valence-electron chi connectivity index (χ0n) is 26.0. The van der Waals surface area contributed by atoms with E-state index in [9.17, 15) is 30.8 Å². The first-order valence-corrected chi connectivity index (χ1v) is 17.3. The second-order valence-corrected chi connectivity index (χ2v) is 13.8. The lowest BCUT2D eigenvalue weighted by Crippen LogP contribution is -2.41. The van der Waals surface area contributed by atoms with E-state index in [1.54, 1.807) is 0 Å². The molecule has 0 aromatic heterocycles. The Morgan fingerprint density at radius 3 is 2.51 bits per heavy atom. The number of hydrogen-bond acceptors (Lipinski definition) is 6. The summed E-state index contributed by atoms with van der Waals surface area (Å²) in [5, 5.41) is 6.51. The van der Waals surface area contributed by atoms with Gasteiger partial charge in [0.2, 0.25) is 15.9 Å². The number of aryl methyl sites for hydroxylation is 1. The van der Waals surface area contributed by atoms with Crippen molar-refractivity contribution in [3.63, 3.8) is 0 Å². The normalized spacial score (nSPS) is 18.0. The number of hydrogen-bond donors (Lipinski definition) is 3. The number of ether oxygens (including phenoxy) is 1. The standard InChI is InChI=1S/C34H40F4N4O4S/c35-29-10-7-25(8-11-29)32(41-47(44,45)31-4-1-3-28(21-31)34(36,37)38)22-33(43)40-30-12-9-26-19-24(5-6-27(26)20-30)23-39-13-2-14-42-15-17-46-18-16-42/h1,3-8,10-11,19,21,30,32,39,41H,2,9,12-18,20,22-23H2,(H,40,43). The van der Waals surface area contributed by atoms with Crippen LogP contribution in [0.25, 0.3) is 0 Å². The Morgan fingerprint density at radius 2 is 1.77 bits per heavy atom. The van der Waals surface area contributed by atoms with E-state index in [-0.39, 0.29) is 12.5 Å². The molecule has 0 spiro atoms. The van der Waals surface area contributed by atoms with Gasteiger partial charge in [-0.2, -0.15) is 13.2 Å². The van der Waals surface area contributed by atoms with Crippen LogP contribution in [0.5, 0.6) is 0 Å². The minimum atomic E-state index is -4.73. The SMILES string of the molecule is O=C(CC(NS(=O)(=O)c1cccc(C(F)(F)F)c1)c1ccc(F)cc1)NC1CCc2cc(CNCCCN3CCOCC3)ccc2C1. The van der Waals surface area contributed by atoms with Crippen molar-refractivity contribution in [3.8, 4) is 0 Å². The third kappa shape index (κ3) is 10.1. The fourth-order valence-corrected chi connectivity index (χ4v) is 7.29. The number of carbonyl (C=O) groups is 1. The molecule has 47 heavy (non-hydrogen) atoms. The van der Waals surface area contributed by atoms with Crippen molar-refractivity contribution >= 4 is 15.9 Å². The van der Waals surface area contributed by atoms with Crippen LogP contribution in [0.2, 0.25) is 0 Å². The number of rotatable bonds is 13. The number of morpholine rings is 1. The first-order chi connectivity index (χ1) is 22.5. The van der Waals surface area contributed by atoms with Crippen molar-refractivity contribution < 1.29 is 35.5 Å². The van der Waals surface area contributed by atoms with Gasteiger partial charge in [0, 0.05) is 32.1 Å². The minimum Gasteiger partial charge on any atom is -0.379 e. The average Bonchev–Trinajstić information content (AvgIpc) is 3.04. The fourth-order valence-electron chi connectivity index (χ4n) is 6.02. The van der Waals surface area contributed by atoms with Crippen molar-refractivity contribution in [2.24, 2.45) is 0 Å². The maximum Gasteiger partial charge on any atom is 0.416 e. The summed E-state index contributed by atoms with van der Waals surface area (Å²) >= 11 is 0. The number of nitrogens with one attached hydrogen (secondary N) is 3. The van der Waals surface area contributed by atoms with Gasteiger partial charge in [-0.05, 0) is 91.4 Å². The van der Waals surface area contributed by atoms with Crippen LogP contribution in [0.15, 0.2) is 71.6 Å². The quantitative estimate of drug-likeness (QED) is 0.179.